The number of benzene rings is 1. The van der Waals surface area contributed by atoms with E-state index in [0.29, 0.717) is 0 Å². The van der Waals surface area contributed by atoms with E-state index in [1.165, 1.54) is 6.07 Å². The molecular formula is C15H19FN2O. The summed E-state index contributed by atoms with van der Waals surface area (Å²) in [5, 5.41) is 6.40. The number of hydrogen-bond acceptors (Lipinski definition) is 2. The molecule has 102 valence electrons. The van der Waals surface area contributed by atoms with Crippen LogP contribution in [-0.2, 0) is 11.2 Å². The van der Waals surface area contributed by atoms with Gasteiger partial charge in [0.05, 0.1) is 6.04 Å². The first-order chi connectivity index (χ1) is 9.24. The Labute approximate surface area is 112 Å². The van der Waals surface area contributed by atoms with Crippen molar-refractivity contribution in [2.45, 2.75) is 31.7 Å². The Morgan fingerprint density at radius 1 is 1.26 bits per heavy atom. The number of rotatable bonds is 2. The van der Waals surface area contributed by atoms with Crippen molar-refractivity contribution < 1.29 is 9.18 Å². The van der Waals surface area contributed by atoms with Crippen molar-refractivity contribution in [2.24, 2.45) is 5.92 Å². The van der Waals surface area contributed by atoms with Crippen LogP contribution in [0.4, 0.5) is 4.39 Å². The largest absolute Gasteiger partial charge is 0.349 e. The molecule has 1 aliphatic carbocycles. The number of carbonyl (C=O) groups excluding carboxylic acids is 1. The second-order valence-corrected chi connectivity index (χ2v) is 5.47. The Bertz CT molecular complexity index is 483. The van der Waals surface area contributed by atoms with Gasteiger partial charge in [-0.05, 0) is 62.0 Å². The summed E-state index contributed by atoms with van der Waals surface area (Å²) in [5.74, 6) is 0.0958. The van der Waals surface area contributed by atoms with Crippen molar-refractivity contribution in [3.63, 3.8) is 0 Å². The molecule has 1 saturated heterocycles. The van der Waals surface area contributed by atoms with E-state index in [9.17, 15) is 9.18 Å². The molecule has 0 saturated carbocycles. The SMILES string of the molecule is O=C(NC1CCc2cc(F)ccc21)C1CCNCC1. The van der Waals surface area contributed by atoms with E-state index in [-0.39, 0.29) is 23.7 Å². The molecule has 0 bridgehead atoms. The van der Waals surface area contributed by atoms with Crippen LogP contribution in [0.15, 0.2) is 18.2 Å². The maximum Gasteiger partial charge on any atom is 0.223 e. The van der Waals surface area contributed by atoms with Gasteiger partial charge in [0.2, 0.25) is 5.91 Å². The highest BCUT2D eigenvalue weighted by Crippen LogP contribution is 2.32. The van der Waals surface area contributed by atoms with Crippen molar-refractivity contribution in [1.82, 2.24) is 10.6 Å². The standard InChI is InChI=1S/C15H19FN2O/c16-12-2-3-13-11(9-12)1-4-14(13)18-15(19)10-5-7-17-8-6-10/h2-3,9-10,14,17H,1,4-8H2,(H,18,19). The van der Waals surface area contributed by atoms with Crippen LogP contribution in [0.5, 0.6) is 0 Å². The van der Waals surface area contributed by atoms with Gasteiger partial charge in [-0.1, -0.05) is 6.07 Å². The highest BCUT2D eigenvalue weighted by Gasteiger charge is 2.27. The molecule has 19 heavy (non-hydrogen) atoms. The summed E-state index contributed by atoms with van der Waals surface area (Å²) in [5.41, 5.74) is 2.12. The van der Waals surface area contributed by atoms with Crippen LogP contribution in [-0.4, -0.2) is 19.0 Å². The first kappa shape index (κ1) is 12.6. The van der Waals surface area contributed by atoms with Crippen LogP contribution in [0, 0.1) is 11.7 Å². The van der Waals surface area contributed by atoms with E-state index in [0.717, 1.165) is 49.9 Å². The lowest BCUT2D eigenvalue weighted by molar-refractivity contribution is -0.126. The molecule has 4 heteroatoms. The Kier molecular flexibility index (Phi) is 3.51. The van der Waals surface area contributed by atoms with E-state index in [1.807, 2.05) is 6.07 Å². The molecule has 1 heterocycles. The number of halogens is 1. The number of piperidine rings is 1. The first-order valence-corrected chi connectivity index (χ1v) is 7.03. The Morgan fingerprint density at radius 3 is 2.84 bits per heavy atom. The zero-order valence-corrected chi connectivity index (χ0v) is 10.9. The van der Waals surface area contributed by atoms with Crippen LogP contribution in [0.1, 0.15) is 36.4 Å². The molecule has 2 aliphatic rings. The highest BCUT2D eigenvalue weighted by atomic mass is 19.1. The minimum absolute atomic E-state index is 0.0676. The quantitative estimate of drug-likeness (QED) is 0.855. The van der Waals surface area contributed by atoms with Crippen molar-refractivity contribution in [1.29, 1.82) is 0 Å². The van der Waals surface area contributed by atoms with E-state index in [2.05, 4.69) is 10.6 Å². The maximum absolute atomic E-state index is 13.1. The average molecular weight is 262 g/mol. The molecule has 1 fully saturated rings. The number of amides is 1. The van der Waals surface area contributed by atoms with E-state index >= 15 is 0 Å². The lowest BCUT2D eigenvalue weighted by Gasteiger charge is -2.24. The topological polar surface area (TPSA) is 41.1 Å². The fourth-order valence-electron chi connectivity index (χ4n) is 3.11. The zero-order chi connectivity index (χ0) is 13.2. The minimum atomic E-state index is -0.191. The van der Waals surface area contributed by atoms with Crippen LogP contribution < -0.4 is 10.6 Å². The van der Waals surface area contributed by atoms with Crippen LogP contribution >= 0.6 is 0 Å². The molecule has 3 rings (SSSR count). The van der Waals surface area contributed by atoms with Gasteiger partial charge >= 0.3 is 0 Å². The molecule has 1 amide bonds. The number of nitrogens with one attached hydrogen (secondary N) is 2. The lowest BCUT2D eigenvalue weighted by atomic mass is 9.96. The molecule has 0 spiro atoms. The zero-order valence-electron chi connectivity index (χ0n) is 10.9. The van der Waals surface area contributed by atoms with Crippen molar-refractivity contribution in [2.75, 3.05) is 13.1 Å². The van der Waals surface area contributed by atoms with E-state index in [4.69, 9.17) is 0 Å². The average Bonchev–Trinajstić information content (AvgIpc) is 2.82. The molecular weight excluding hydrogens is 243 g/mol. The molecule has 0 aromatic heterocycles. The van der Waals surface area contributed by atoms with E-state index < -0.39 is 0 Å². The fraction of sp³-hybridized carbons (Fsp3) is 0.533. The van der Waals surface area contributed by atoms with Gasteiger partial charge in [0.1, 0.15) is 5.82 Å². The van der Waals surface area contributed by atoms with Crippen molar-refractivity contribution in [3.8, 4) is 0 Å². The number of aryl methyl sites for hydroxylation is 1. The number of carbonyl (C=O) groups is 1. The summed E-state index contributed by atoms with van der Waals surface area (Å²) < 4.78 is 13.1. The summed E-state index contributed by atoms with van der Waals surface area (Å²) in [4.78, 5) is 12.2. The van der Waals surface area contributed by atoms with E-state index in [1.54, 1.807) is 6.07 Å². The van der Waals surface area contributed by atoms with Gasteiger partial charge in [-0.25, -0.2) is 4.39 Å². The van der Waals surface area contributed by atoms with Gasteiger partial charge in [-0.2, -0.15) is 0 Å². The van der Waals surface area contributed by atoms with Crippen LogP contribution in [0.3, 0.4) is 0 Å². The molecule has 1 aromatic carbocycles. The summed E-state index contributed by atoms with van der Waals surface area (Å²) in [6, 6.07) is 4.95. The highest BCUT2D eigenvalue weighted by molar-refractivity contribution is 5.79. The smallest absolute Gasteiger partial charge is 0.223 e. The molecule has 1 atom stereocenters. The predicted molar refractivity (Wildman–Crippen MR) is 71.2 cm³/mol. The summed E-state index contributed by atoms with van der Waals surface area (Å²) in [6.45, 7) is 1.84. The molecule has 3 nitrogen and oxygen atoms in total. The predicted octanol–water partition coefficient (Wildman–Crippen LogP) is 1.93. The van der Waals surface area contributed by atoms with Gasteiger partial charge < -0.3 is 10.6 Å². The minimum Gasteiger partial charge on any atom is -0.349 e. The molecule has 1 aromatic rings. The summed E-state index contributed by atoms with van der Waals surface area (Å²) >= 11 is 0. The third-order valence-corrected chi connectivity index (χ3v) is 4.21. The Balaban J connectivity index is 1.67. The van der Waals surface area contributed by atoms with Crippen molar-refractivity contribution >= 4 is 5.91 Å². The van der Waals surface area contributed by atoms with Gasteiger partial charge in [-0.3, -0.25) is 4.79 Å². The Morgan fingerprint density at radius 2 is 2.05 bits per heavy atom. The summed E-state index contributed by atoms with van der Waals surface area (Å²) in [6.07, 6.45) is 3.56. The lowest BCUT2D eigenvalue weighted by Crippen LogP contribution is -2.39. The molecule has 2 N–H and O–H groups in total. The molecule has 1 unspecified atom stereocenters. The summed E-state index contributed by atoms with van der Waals surface area (Å²) in [7, 11) is 0. The second kappa shape index (κ2) is 5.29. The van der Waals surface area contributed by atoms with Gasteiger partial charge in [0, 0.05) is 5.92 Å². The second-order valence-electron chi connectivity index (χ2n) is 5.47. The van der Waals surface area contributed by atoms with Crippen LogP contribution in [0.2, 0.25) is 0 Å². The first-order valence-electron chi connectivity index (χ1n) is 7.03. The monoisotopic (exact) mass is 262 g/mol. The molecule has 0 radical (unpaired) electrons. The normalized spacial score (nSPS) is 23.1. The third-order valence-electron chi connectivity index (χ3n) is 4.21. The van der Waals surface area contributed by atoms with Crippen molar-refractivity contribution in [3.05, 3.63) is 35.1 Å². The van der Waals surface area contributed by atoms with Gasteiger partial charge in [0.15, 0.2) is 0 Å². The van der Waals surface area contributed by atoms with Crippen LogP contribution in [0.25, 0.3) is 0 Å². The number of hydrogen-bond donors (Lipinski definition) is 2. The maximum atomic E-state index is 13.1. The molecule has 1 aliphatic heterocycles. The fourth-order valence-corrected chi connectivity index (χ4v) is 3.11. The third kappa shape index (κ3) is 2.63. The van der Waals surface area contributed by atoms with Gasteiger partial charge in [0.25, 0.3) is 0 Å². The van der Waals surface area contributed by atoms with Gasteiger partial charge in [-0.15, -0.1) is 0 Å². The Hall–Kier alpha value is -1.42. The number of fused-ring (bicyclic) bond motifs is 1.